The van der Waals surface area contributed by atoms with Crippen molar-refractivity contribution >= 4 is 43.1 Å². The van der Waals surface area contributed by atoms with E-state index < -0.39 is 24.2 Å². The molecule has 0 fully saturated rings. The van der Waals surface area contributed by atoms with E-state index in [0.717, 1.165) is 38.2 Å². The van der Waals surface area contributed by atoms with Gasteiger partial charge in [0.2, 0.25) is 0 Å². The van der Waals surface area contributed by atoms with Crippen molar-refractivity contribution < 1.29 is 11.0 Å². The van der Waals surface area contributed by atoms with E-state index in [1.54, 1.807) is 0 Å². The van der Waals surface area contributed by atoms with Gasteiger partial charge in [0.1, 0.15) is 0 Å². The summed E-state index contributed by atoms with van der Waals surface area (Å²) in [7, 11) is 0. The zero-order chi connectivity index (χ0) is 35.7. The first-order chi connectivity index (χ1) is 24.4. The molecule has 8 aromatic carbocycles. The molecule has 0 aliphatic heterocycles. The van der Waals surface area contributed by atoms with Gasteiger partial charge >= 0.3 is 0 Å². The number of hydrogen-bond acceptors (Lipinski definition) is 0. The summed E-state index contributed by atoms with van der Waals surface area (Å²) in [4.78, 5) is 0. The van der Waals surface area contributed by atoms with Crippen LogP contribution < -0.4 is 0 Å². The Labute approximate surface area is 263 Å². The van der Waals surface area contributed by atoms with Gasteiger partial charge < -0.3 is 0 Å². The normalized spacial score (nSPS) is 16.1. The zero-order valence-corrected chi connectivity index (χ0v) is 23.7. The van der Waals surface area contributed by atoms with Crippen molar-refractivity contribution in [2.24, 2.45) is 0 Å². The maximum absolute atomic E-state index is 9.36. The van der Waals surface area contributed by atoms with Gasteiger partial charge in [-0.05, 0) is 99.7 Å². The quantitative estimate of drug-likeness (QED) is 0.186. The van der Waals surface area contributed by atoms with Crippen LogP contribution in [0.15, 0.2) is 145 Å². The van der Waals surface area contributed by atoms with Crippen LogP contribution in [0.3, 0.4) is 0 Å². The first-order valence-corrected chi connectivity index (χ1v) is 14.5. The fourth-order valence-corrected chi connectivity index (χ4v) is 7.23. The van der Waals surface area contributed by atoms with Gasteiger partial charge in [0.15, 0.2) is 0 Å². The van der Waals surface area contributed by atoms with Crippen molar-refractivity contribution in [1.29, 1.82) is 0 Å². The molecule has 0 nitrogen and oxygen atoms in total. The van der Waals surface area contributed by atoms with E-state index in [1.807, 2.05) is 66.7 Å². The molecule has 9 rings (SSSR count). The Kier molecular flexibility index (Phi) is 3.66. The van der Waals surface area contributed by atoms with Gasteiger partial charge in [0.05, 0.1) is 11.0 Å². The second kappa shape index (κ2) is 8.90. The maximum Gasteiger partial charge on any atom is 0.0629 e. The Bertz CT molecular complexity index is 2790. The van der Waals surface area contributed by atoms with Crippen LogP contribution in [0.25, 0.3) is 76.5 Å². The molecule has 1 aliphatic rings. The van der Waals surface area contributed by atoms with Crippen molar-refractivity contribution in [3.8, 4) is 33.4 Å². The van der Waals surface area contributed by atoms with Gasteiger partial charge in [-0.2, -0.15) is 0 Å². The van der Waals surface area contributed by atoms with Crippen LogP contribution in [0.4, 0.5) is 0 Å². The number of benzene rings is 8. The third-order valence-corrected chi connectivity index (χ3v) is 9.27. The molecule has 8 aromatic rings. The van der Waals surface area contributed by atoms with Gasteiger partial charge in [-0.15, -0.1) is 0 Å². The highest BCUT2D eigenvalue weighted by molar-refractivity contribution is 6.22. The SMILES string of the molecule is [2H]c1c([2H])c([2H])c2c(-c3ccc4ccccc4c3)c3c([2H])c([2H])c([2H])c([2H])c3c(-c3ccc4c(c3)-c3c(ccc5ccccc35)C4(C)C)c2c1[2H]. The molecule has 0 heterocycles. The highest BCUT2D eigenvalue weighted by Gasteiger charge is 2.36. The molecule has 0 radical (unpaired) electrons. The molecule has 0 bridgehead atoms. The zero-order valence-electron chi connectivity index (χ0n) is 31.7. The lowest BCUT2D eigenvalue weighted by Gasteiger charge is -2.22. The van der Waals surface area contributed by atoms with Crippen LogP contribution in [0.1, 0.15) is 35.9 Å². The molecule has 202 valence electrons. The Morgan fingerprint density at radius 2 is 0.953 bits per heavy atom. The van der Waals surface area contributed by atoms with Gasteiger partial charge in [-0.1, -0.05) is 147 Å². The summed E-state index contributed by atoms with van der Waals surface area (Å²) in [6.45, 7) is 4.39. The highest BCUT2D eigenvalue weighted by atomic mass is 14.4. The Balaban J connectivity index is 1.51. The van der Waals surface area contributed by atoms with Crippen molar-refractivity contribution in [3.63, 3.8) is 0 Å². The fraction of sp³-hybridized carbons (Fsp3) is 0.0698. The van der Waals surface area contributed by atoms with E-state index in [4.69, 9.17) is 5.48 Å². The average Bonchev–Trinajstić information content (AvgIpc) is 3.38. The number of rotatable bonds is 2. The van der Waals surface area contributed by atoms with Crippen molar-refractivity contribution in [3.05, 3.63) is 157 Å². The van der Waals surface area contributed by atoms with E-state index in [0.29, 0.717) is 22.3 Å². The minimum absolute atomic E-state index is 0.218. The molecule has 1 aliphatic carbocycles. The van der Waals surface area contributed by atoms with Crippen LogP contribution >= 0.6 is 0 Å². The summed E-state index contributed by atoms with van der Waals surface area (Å²) in [6.07, 6.45) is 0. The molecule has 0 saturated carbocycles. The van der Waals surface area contributed by atoms with Gasteiger partial charge in [0.25, 0.3) is 0 Å². The molecule has 0 aromatic heterocycles. The number of fused-ring (bicyclic) bond motifs is 8. The molecular weight excluding hydrogens is 516 g/mol. The third-order valence-electron chi connectivity index (χ3n) is 9.27. The maximum atomic E-state index is 9.36. The third kappa shape index (κ3) is 3.44. The molecule has 0 spiro atoms. The van der Waals surface area contributed by atoms with E-state index in [1.165, 1.54) is 5.56 Å². The van der Waals surface area contributed by atoms with Gasteiger partial charge in [-0.25, -0.2) is 0 Å². The summed E-state index contributed by atoms with van der Waals surface area (Å²) in [6, 6.07) is 29.4. The van der Waals surface area contributed by atoms with Crippen molar-refractivity contribution in [2.45, 2.75) is 19.3 Å². The van der Waals surface area contributed by atoms with Crippen molar-refractivity contribution in [1.82, 2.24) is 0 Å². The van der Waals surface area contributed by atoms with E-state index in [2.05, 4.69) is 44.2 Å². The summed E-state index contributed by atoms with van der Waals surface area (Å²) in [5.41, 5.74) is 5.99. The molecule has 0 unspecified atom stereocenters. The monoisotopic (exact) mass is 554 g/mol. The smallest absolute Gasteiger partial charge is 0.0616 e. The second-order valence-electron chi connectivity index (χ2n) is 11.9. The van der Waals surface area contributed by atoms with Crippen LogP contribution in [0.5, 0.6) is 0 Å². The van der Waals surface area contributed by atoms with Crippen LogP contribution in [0, 0.1) is 0 Å². The van der Waals surface area contributed by atoms with E-state index >= 15 is 0 Å². The second-order valence-corrected chi connectivity index (χ2v) is 11.9. The molecule has 0 heteroatoms. The molecule has 0 atom stereocenters. The Morgan fingerprint density at radius 3 is 1.63 bits per heavy atom. The van der Waals surface area contributed by atoms with Crippen LogP contribution in [-0.4, -0.2) is 0 Å². The van der Waals surface area contributed by atoms with Gasteiger partial charge in [0, 0.05) is 5.41 Å². The molecule has 43 heavy (non-hydrogen) atoms. The lowest BCUT2D eigenvalue weighted by Crippen LogP contribution is -2.14. The van der Waals surface area contributed by atoms with E-state index in [9.17, 15) is 5.48 Å². The lowest BCUT2D eigenvalue weighted by atomic mass is 9.81. The Hall–Kier alpha value is -5.20. The molecule has 0 N–H and O–H groups in total. The summed E-state index contributed by atoms with van der Waals surface area (Å²) in [5.74, 6) is 0. The predicted molar refractivity (Wildman–Crippen MR) is 185 cm³/mol. The summed E-state index contributed by atoms with van der Waals surface area (Å²) in [5, 5.41) is 4.95. The predicted octanol–water partition coefficient (Wildman–Crippen LogP) is 11.9. The minimum atomic E-state index is -0.406. The molecule has 0 amide bonds. The minimum Gasteiger partial charge on any atom is -0.0616 e. The fourth-order valence-electron chi connectivity index (χ4n) is 7.23. The summed E-state index contributed by atoms with van der Waals surface area (Å²) >= 11 is 0. The first kappa shape index (κ1) is 17.7. The first-order valence-electron chi connectivity index (χ1n) is 18.5. The largest absolute Gasteiger partial charge is 0.0629 e. The Morgan fingerprint density at radius 1 is 0.442 bits per heavy atom. The molecule has 0 saturated heterocycles. The molecular formula is C43H30. The van der Waals surface area contributed by atoms with Gasteiger partial charge in [-0.3, -0.25) is 0 Å². The van der Waals surface area contributed by atoms with E-state index in [-0.39, 0.29) is 51.1 Å². The number of hydrogen-bond donors (Lipinski definition) is 0. The van der Waals surface area contributed by atoms with Crippen LogP contribution in [-0.2, 0) is 5.41 Å². The van der Waals surface area contributed by atoms with Crippen LogP contribution in [0.2, 0.25) is 0 Å². The lowest BCUT2D eigenvalue weighted by molar-refractivity contribution is 0.661. The standard InChI is InChI=1S/C43H30/c1-43(2)38-23-22-31(26-37(38)42-32-14-6-5-12-28(32)21-24-39(42)43)41-35-17-9-7-15-33(35)40(34-16-8-10-18-36(34)41)30-20-19-27-11-3-4-13-29(27)25-30/h3-26H,1-2H3/i7D,8D,9D,10D,15D,16D,17D,18D. The summed E-state index contributed by atoms with van der Waals surface area (Å²) < 4.78 is 72.5. The highest BCUT2D eigenvalue weighted by Crippen LogP contribution is 2.53. The topological polar surface area (TPSA) is 0 Å². The van der Waals surface area contributed by atoms with Crippen molar-refractivity contribution in [2.75, 3.05) is 0 Å². The average molecular weight is 555 g/mol.